The van der Waals surface area contributed by atoms with E-state index in [0.717, 1.165) is 20.3 Å². The second-order valence-electron chi connectivity index (χ2n) is 4.09. The van der Waals surface area contributed by atoms with Crippen molar-refractivity contribution in [3.8, 4) is 17.1 Å². The summed E-state index contributed by atoms with van der Waals surface area (Å²) in [4.78, 5) is 0. The topological polar surface area (TPSA) is 42.6 Å². The molecule has 0 fully saturated rings. The average molecular weight is 390 g/mol. The summed E-state index contributed by atoms with van der Waals surface area (Å²) in [5, 5.41) is 9.77. The number of rotatable bonds is 4. The Morgan fingerprint density at radius 3 is 2.63 bits per heavy atom. The van der Waals surface area contributed by atoms with Gasteiger partial charge < -0.3 is 14.3 Å². The van der Waals surface area contributed by atoms with Gasteiger partial charge in [0.15, 0.2) is 0 Å². The fourth-order valence-electron chi connectivity index (χ4n) is 1.75. The number of halogens is 2. The van der Waals surface area contributed by atoms with E-state index < -0.39 is 6.10 Å². The second-order valence-corrected chi connectivity index (χ2v) is 5.80. The van der Waals surface area contributed by atoms with E-state index in [-0.39, 0.29) is 0 Å². The van der Waals surface area contributed by atoms with E-state index in [0.29, 0.717) is 17.9 Å². The smallest absolute Gasteiger partial charge is 0.135 e. The summed E-state index contributed by atoms with van der Waals surface area (Å²) >= 11 is 6.93. The number of benzene rings is 1. The van der Waals surface area contributed by atoms with Crippen LogP contribution in [0.4, 0.5) is 0 Å². The lowest BCUT2D eigenvalue weighted by atomic mass is 10.1. The van der Waals surface area contributed by atoms with Crippen molar-refractivity contribution in [2.24, 2.45) is 0 Å². The van der Waals surface area contributed by atoms with Crippen LogP contribution in [0.3, 0.4) is 0 Å². The Morgan fingerprint density at radius 1 is 1.26 bits per heavy atom. The van der Waals surface area contributed by atoms with Crippen LogP contribution < -0.4 is 4.74 Å². The summed E-state index contributed by atoms with van der Waals surface area (Å²) in [6.07, 6.45) is 0.0579. The molecule has 0 bridgehead atoms. The first kappa shape index (κ1) is 14.6. The van der Waals surface area contributed by atoms with Gasteiger partial charge in [0.2, 0.25) is 0 Å². The van der Waals surface area contributed by atoms with Crippen LogP contribution in [-0.2, 0) is 0 Å². The Balaban J connectivity index is 2.44. The molecule has 0 aliphatic carbocycles. The zero-order valence-electron chi connectivity index (χ0n) is 10.6. The molecule has 1 unspecified atom stereocenters. The van der Waals surface area contributed by atoms with Crippen molar-refractivity contribution in [2.75, 3.05) is 7.11 Å². The monoisotopic (exact) mass is 388 g/mol. The Hall–Kier alpha value is -0.780. The van der Waals surface area contributed by atoms with Gasteiger partial charge in [0.25, 0.3) is 0 Å². The molecule has 0 amide bonds. The van der Waals surface area contributed by atoms with E-state index in [1.807, 2.05) is 25.1 Å². The third-order valence-electron chi connectivity index (χ3n) is 2.85. The van der Waals surface area contributed by atoms with E-state index in [9.17, 15) is 5.11 Å². The van der Waals surface area contributed by atoms with Crippen LogP contribution in [0.15, 0.2) is 37.6 Å². The first-order chi connectivity index (χ1) is 9.06. The molecule has 0 aliphatic heterocycles. The lowest BCUT2D eigenvalue weighted by Gasteiger charge is -2.08. The van der Waals surface area contributed by atoms with Crippen molar-refractivity contribution in [2.45, 2.75) is 19.4 Å². The number of aliphatic hydroxyl groups excluding tert-OH is 1. The fourth-order valence-corrected chi connectivity index (χ4v) is 3.10. The van der Waals surface area contributed by atoms with Gasteiger partial charge in [-0.25, -0.2) is 0 Å². The lowest BCUT2D eigenvalue weighted by molar-refractivity contribution is 0.147. The molecule has 0 radical (unpaired) electrons. The quantitative estimate of drug-likeness (QED) is 0.806. The number of furan rings is 1. The van der Waals surface area contributed by atoms with Gasteiger partial charge in [-0.1, -0.05) is 6.92 Å². The predicted molar refractivity (Wildman–Crippen MR) is 81.3 cm³/mol. The first-order valence-electron chi connectivity index (χ1n) is 5.88. The molecule has 0 spiro atoms. The molecule has 1 atom stereocenters. The number of hydrogen-bond donors (Lipinski definition) is 1. The minimum Gasteiger partial charge on any atom is -0.496 e. The van der Waals surface area contributed by atoms with Crippen molar-refractivity contribution in [3.63, 3.8) is 0 Å². The number of aliphatic hydroxyl groups is 1. The molecular formula is C14H14Br2O3. The summed E-state index contributed by atoms with van der Waals surface area (Å²) in [5.41, 5.74) is 0.884. The molecule has 0 aliphatic rings. The number of hydrogen-bond acceptors (Lipinski definition) is 3. The molecule has 2 aromatic rings. The maximum atomic E-state index is 9.77. The van der Waals surface area contributed by atoms with Gasteiger partial charge in [-0.15, -0.1) is 0 Å². The molecule has 1 heterocycles. The molecule has 1 aromatic carbocycles. The van der Waals surface area contributed by atoms with Crippen molar-refractivity contribution >= 4 is 31.9 Å². The third-order valence-corrected chi connectivity index (χ3v) is 4.12. The van der Waals surface area contributed by atoms with Crippen LogP contribution in [0.2, 0.25) is 0 Å². The zero-order valence-corrected chi connectivity index (χ0v) is 13.8. The van der Waals surface area contributed by atoms with E-state index in [4.69, 9.17) is 9.15 Å². The maximum absolute atomic E-state index is 9.77. The number of ether oxygens (including phenoxy) is 1. The summed E-state index contributed by atoms with van der Waals surface area (Å²) in [6.45, 7) is 1.91. The Bertz CT molecular complexity index is 578. The maximum Gasteiger partial charge on any atom is 0.135 e. The fraction of sp³-hybridized carbons (Fsp3) is 0.286. The molecule has 1 N–H and O–H groups in total. The molecular weight excluding hydrogens is 376 g/mol. The molecule has 102 valence electrons. The third kappa shape index (κ3) is 3.04. The number of methoxy groups -OCH3 is 1. The van der Waals surface area contributed by atoms with Gasteiger partial charge in [0.1, 0.15) is 23.4 Å². The van der Waals surface area contributed by atoms with Gasteiger partial charge in [-0.3, -0.25) is 0 Å². The minimum atomic E-state index is -0.565. The van der Waals surface area contributed by atoms with E-state index in [2.05, 4.69) is 31.9 Å². The Labute approximate surface area is 128 Å². The summed E-state index contributed by atoms with van der Waals surface area (Å²) < 4.78 is 12.7. The van der Waals surface area contributed by atoms with Crippen molar-refractivity contribution < 1.29 is 14.3 Å². The standard InChI is InChI=1S/C14H14Br2O3/c1-3-11(17)13-5-4-12(19-13)8-6-14(18-2)10(16)7-9(8)15/h4-7,11,17H,3H2,1-2H3. The highest BCUT2D eigenvalue weighted by atomic mass is 79.9. The van der Waals surface area contributed by atoms with E-state index >= 15 is 0 Å². The van der Waals surface area contributed by atoms with Gasteiger partial charge in [0.05, 0.1) is 11.6 Å². The highest BCUT2D eigenvalue weighted by molar-refractivity contribution is 9.11. The SMILES string of the molecule is CCC(O)c1ccc(-c2cc(OC)c(Br)cc2Br)o1. The van der Waals surface area contributed by atoms with Crippen LogP contribution in [0, 0.1) is 0 Å². The summed E-state index contributed by atoms with van der Waals surface area (Å²) in [5.74, 6) is 2.00. The molecule has 3 nitrogen and oxygen atoms in total. The molecule has 0 saturated heterocycles. The second kappa shape index (κ2) is 6.11. The summed E-state index contributed by atoms with van der Waals surface area (Å²) in [7, 11) is 1.62. The van der Waals surface area contributed by atoms with Gasteiger partial charge in [0, 0.05) is 10.0 Å². The van der Waals surface area contributed by atoms with Crippen LogP contribution in [-0.4, -0.2) is 12.2 Å². The van der Waals surface area contributed by atoms with Gasteiger partial charge >= 0.3 is 0 Å². The normalized spacial score (nSPS) is 12.5. The van der Waals surface area contributed by atoms with E-state index in [1.165, 1.54) is 0 Å². The zero-order chi connectivity index (χ0) is 14.0. The van der Waals surface area contributed by atoms with Crippen molar-refractivity contribution in [1.29, 1.82) is 0 Å². The molecule has 5 heteroatoms. The largest absolute Gasteiger partial charge is 0.496 e. The molecule has 1 aromatic heterocycles. The average Bonchev–Trinajstić information content (AvgIpc) is 2.87. The molecule has 0 saturated carbocycles. The Kier molecular flexibility index (Phi) is 4.71. The van der Waals surface area contributed by atoms with Gasteiger partial charge in [-0.2, -0.15) is 0 Å². The van der Waals surface area contributed by atoms with Crippen LogP contribution in [0.5, 0.6) is 5.75 Å². The van der Waals surface area contributed by atoms with Crippen LogP contribution in [0.1, 0.15) is 25.2 Å². The van der Waals surface area contributed by atoms with Crippen molar-refractivity contribution in [3.05, 3.63) is 39.0 Å². The first-order valence-corrected chi connectivity index (χ1v) is 7.46. The predicted octanol–water partition coefficient (Wildman–Crippen LogP) is 4.92. The summed E-state index contributed by atoms with van der Waals surface area (Å²) in [6, 6.07) is 7.44. The highest BCUT2D eigenvalue weighted by Gasteiger charge is 2.15. The minimum absolute atomic E-state index is 0.565. The Morgan fingerprint density at radius 2 is 2.00 bits per heavy atom. The van der Waals surface area contributed by atoms with Crippen LogP contribution >= 0.6 is 31.9 Å². The van der Waals surface area contributed by atoms with Crippen LogP contribution in [0.25, 0.3) is 11.3 Å². The molecule has 2 rings (SSSR count). The van der Waals surface area contributed by atoms with E-state index in [1.54, 1.807) is 13.2 Å². The lowest BCUT2D eigenvalue weighted by Crippen LogP contribution is -1.91. The van der Waals surface area contributed by atoms with Gasteiger partial charge in [-0.05, 0) is 62.5 Å². The highest BCUT2D eigenvalue weighted by Crippen LogP contribution is 2.38. The van der Waals surface area contributed by atoms with Crippen molar-refractivity contribution in [1.82, 2.24) is 0 Å². The molecule has 19 heavy (non-hydrogen) atoms.